The van der Waals surface area contributed by atoms with Crippen molar-refractivity contribution >= 4 is 5.91 Å². The molecule has 6 heteroatoms. The van der Waals surface area contributed by atoms with E-state index < -0.39 is 0 Å². The lowest BCUT2D eigenvalue weighted by atomic mass is 9.49. The molecule has 6 rings (SSSR count). The molecule has 6 nitrogen and oxygen atoms in total. The van der Waals surface area contributed by atoms with Gasteiger partial charge in [0.1, 0.15) is 5.69 Å². The lowest BCUT2D eigenvalue weighted by Gasteiger charge is -2.56. The SMILES string of the molecule is Cc1c(-c2cc(C(=O)NCC34CC5CC(CC(C5)C3)C4)on2)cnn1C. The fourth-order valence-corrected chi connectivity index (χ4v) is 6.12. The molecule has 138 valence electrons. The van der Waals surface area contributed by atoms with E-state index >= 15 is 0 Å². The molecule has 1 N–H and O–H groups in total. The molecule has 0 spiro atoms. The highest BCUT2D eigenvalue weighted by atomic mass is 16.5. The van der Waals surface area contributed by atoms with Crippen molar-refractivity contribution in [3.05, 3.63) is 23.7 Å². The molecule has 0 radical (unpaired) electrons. The highest BCUT2D eigenvalue weighted by Crippen LogP contribution is 2.59. The molecule has 2 aromatic heterocycles. The molecule has 0 saturated heterocycles. The van der Waals surface area contributed by atoms with Gasteiger partial charge in [0.05, 0.1) is 6.20 Å². The molecule has 4 aliphatic rings. The van der Waals surface area contributed by atoms with Crippen LogP contribution in [0.2, 0.25) is 0 Å². The standard InChI is InChI=1S/C20H26N4O2/c1-12-16(10-22-24(12)2)17-6-18(26-23-17)19(25)21-11-20-7-13-3-14(8-20)5-15(4-13)9-20/h6,10,13-15H,3-5,7-9,11H2,1-2H3,(H,21,25). The first kappa shape index (κ1) is 16.1. The lowest BCUT2D eigenvalue weighted by molar-refractivity contribution is -0.0504. The minimum Gasteiger partial charge on any atom is -0.350 e. The van der Waals surface area contributed by atoms with Gasteiger partial charge in [0.15, 0.2) is 0 Å². The van der Waals surface area contributed by atoms with Crippen molar-refractivity contribution in [3.63, 3.8) is 0 Å². The summed E-state index contributed by atoms with van der Waals surface area (Å²) in [6.45, 7) is 2.75. The topological polar surface area (TPSA) is 73.0 Å². The van der Waals surface area contributed by atoms with E-state index in [9.17, 15) is 4.79 Å². The molecule has 4 fully saturated rings. The van der Waals surface area contributed by atoms with Crippen molar-refractivity contribution < 1.29 is 9.32 Å². The average Bonchev–Trinajstić information content (AvgIpc) is 3.19. The molecular formula is C20H26N4O2. The van der Waals surface area contributed by atoms with Gasteiger partial charge in [-0.15, -0.1) is 0 Å². The van der Waals surface area contributed by atoms with Gasteiger partial charge in [-0.05, 0) is 68.6 Å². The third kappa shape index (κ3) is 2.58. The maximum absolute atomic E-state index is 12.6. The molecule has 4 bridgehead atoms. The number of hydrogen-bond donors (Lipinski definition) is 1. The Balaban J connectivity index is 1.27. The number of nitrogens with zero attached hydrogens (tertiary/aromatic N) is 3. The van der Waals surface area contributed by atoms with Crippen LogP contribution in [0.4, 0.5) is 0 Å². The normalized spacial score (nSPS) is 32.2. The number of nitrogens with one attached hydrogen (secondary N) is 1. The maximum atomic E-state index is 12.6. The number of hydrogen-bond acceptors (Lipinski definition) is 4. The van der Waals surface area contributed by atoms with E-state index in [1.54, 1.807) is 16.9 Å². The smallest absolute Gasteiger partial charge is 0.289 e. The number of carbonyl (C=O) groups excluding carboxylic acids is 1. The van der Waals surface area contributed by atoms with Crippen LogP contribution in [0.25, 0.3) is 11.3 Å². The van der Waals surface area contributed by atoms with Crippen LogP contribution < -0.4 is 5.32 Å². The molecule has 0 aliphatic heterocycles. The summed E-state index contributed by atoms with van der Waals surface area (Å²) in [5.41, 5.74) is 2.89. The summed E-state index contributed by atoms with van der Waals surface area (Å²) in [7, 11) is 1.89. The second kappa shape index (κ2) is 5.69. The lowest BCUT2D eigenvalue weighted by Crippen LogP contribution is -2.51. The van der Waals surface area contributed by atoms with Gasteiger partial charge < -0.3 is 9.84 Å². The first-order valence-electron chi connectivity index (χ1n) is 9.75. The van der Waals surface area contributed by atoms with E-state index in [2.05, 4.69) is 15.6 Å². The van der Waals surface area contributed by atoms with E-state index in [-0.39, 0.29) is 11.7 Å². The van der Waals surface area contributed by atoms with Crippen LogP contribution >= 0.6 is 0 Å². The van der Waals surface area contributed by atoms with Gasteiger partial charge >= 0.3 is 0 Å². The second-order valence-corrected chi connectivity index (χ2v) is 8.94. The molecule has 0 unspecified atom stereocenters. The van der Waals surface area contributed by atoms with Gasteiger partial charge in [0, 0.05) is 30.9 Å². The first-order chi connectivity index (χ1) is 12.5. The largest absolute Gasteiger partial charge is 0.350 e. The average molecular weight is 354 g/mol. The second-order valence-electron chi connectivity index (χ2n) is 8.94. The minimum absolute atomic E-state index is 0.152. The summed E-state index contributed by atoms with van der Waals surface area (Å²) < 4.78 is 7.11. The van der Waals surface area contributed by atoms with Crippen molar-refractivity contribution in [2.24, 2.45) is 30.2 Å². The van der Waals surface area contributed by atoms with E-state index in [1.807, 2.05) is 14.0 Å². The zero-order chi connectivity index (χ0) is 17.9. The van der Waals surface area contributed by atoms with Gasteiger partial charge in [0.2, 0.25) is 5.76 Å². The van der Waals surface area contributed by atoms with Crippen LogP contribution in [-0.4, -0.2) is 27.4 Å². The summed E-state index contributed by atoms with van der Waals surface area (Å²) in [4.78, 5) is 12.6. The Labute approximate surface area is 153 Å². The van der Waals surface area contributed by atoms with Gasteiger partial charge in [-0.3, -0.25) is 9.48 Å². The molecule has 0 atom stereocenters. The Morgan fingerprint density at radius 1 is 1.27 bits per heavy atom. The molecule has 2 heterocycles. The fraction of sp³-hybridized carbons (Fsp3) is 0.650. The van der Waals surface area contributed by atoms with Gasteiger partial charge in [-0.1, -0.05) is 5.16 Å². The Hall–Kier alpha value is -2.11. The van der Waals surface area contributed by atoms with E-state index in [0.717, 1.165) is 35.6 Å². The van der Waals surface area contributed by atoms with Crippen LogP contribution in [0, 0.1) is 30.1 Å². The van der Waals surface area contributed by atoms with Crippen LogP contribution in [0.1, 0.15) is 54.8 Å². The van der Waals surface area contributed by atoms with Crippen molar-refractivity contribution in [2.45, 2.75) is 45.4 Å². The molecule has 2 aromatic rings. The first-order valence-corrected chi connectivity index (χ1v) is 9.75. The summed E-state index contributed by atoms with van der Waals surface area (Å²) >= 11 is 0. The van der Waals surface area contributed by atoms with Crippen LogP contribution in [0.15, 0.2) is 16.8 Å². The predicted octanol–water partition coefficient (Wildman–Crippen LogP) is 3.33. The highest BCUT2D eigenvalue weighted by molar-refractivity contribution is 5.92. The fourth-order valence-electron chi connectivity index (χ4n) is 6.12. The minimum atomic E-state index is -0.152. The van der Waals surface area contributed by atoms with Crippen molar-refractivity contribution in [1.82, 2.24) is 20.3 Å². The summed E-state index contributed by atoms with van der Waals surface area (Å²) in [5, 5.41) is 11.4. The van der Waals surface area contributed by atoms with Crippen LogP contribution in [-0.2, 0) is 7.05 Å². The number of amides is 1. The third-order valence-electron chi connectivity index (χ3n) is 7.03. The summed E-state index contributed by atoms with van der Waals surface area (Å²) in [6.07, 6.45) is 9.88. The molecular weight excluding hydrogens is 328 g/mol. The molecule has 4 aliphatic carbocycles. The summed E-state index contributed by atoms with van der Waals surface area (Å²) in [6, 6.07) is 1.72. The molecule has 4 saturated carbocycles. The Bertz CT molecular complexity index is 815. The Kier molecular flexibility index (Phi) is 3.52. The van der Waals surface area contributed by atoms with Gasteiger partial charge in [-0.2, -0.15) is 5.10 Å². The van der Waals surface area contributed by atoms with Crippen LogP contribution in [0.3, 0.4) is 0 Å². The number of carbonyl (C=O) groups is 1. The van der Waals surface area contributed by atoms with Crippen LogP contribution in [0.5, 0.6) is 0 Å². The highest BCUT2D eigenvalue weighted by Gasteiger charge is 2.50. The number of rotatable bonds is 4. The predicted molar refractivity (Wildman–Crippen MR) is 96.4 cm³/mol. The van der Waals surface area contributed by atoms with E-state index in [0.29, 0.717) is 11.1 Å². The zero-order valence-corrected chi connectivity index (χ0v) is 15.5. The third-order valence-corrected chi connectivity index (χ3v) is 7.03. The van der Waals surface area contributed by atoms with Crippen molar-refractivity contribution in [2.75, 3.05) is 6.54 Å². The van der Waals surface area contributed by atoms with Gasteiger partial charge in [0.25, 0.3) is 5.91 Å². The monoisotopic (exact) mass is 354 g/mol. The Morgan fingerprint density at radius 3 is 2.50 bits per heavy atom. The quantitative estimate of drug-likeness (QED) is 0.914. The van der Waals surface area contributed by atoms with Crippen molar-refractivity contribution in [1.29, 1.82) is 0 Å². The number of aromatic nitrogens is 3. The van der Waals surface area contributed by atoms with E-state index in [4.69, 9.17) is 4.52 Å². The summed E-state index contributed by atoms with van der Waals surface area (Å²) in [5.74, 6) is 2.81. The zero-order valence-electron chi connectivity index (χ0n) is 15.5. The number of aryl methyl sites for hydroxylation is 1. The Morgan fingerprint density at radius 2 is 1.92 bits per heavy atom. The molecule has 1 amide bonds. The van der Waals surface area contributed by atoms with E-state index in [1.165, 1.54) is 38.5 Å². The molecule has 26 heavy (non-hydrogen) atoms. The molecule has 0 aromatic carbocycles. The van der Waals surface area contributed by atoms with Crippen molar-refractivity contribution in [3.8, 4) is 11.3 Å². The van der Waals surface area contributed by atoms with Gasteiger partial charge in [-0.25, -0.2) is 0 Å². The maximum Gasteiger partial charge on any atom is 0.289 e.